The fraction of sp³-hybridized carbons (Fsp3) is 0.818. The van der Waals surface area contributed by atoms with Crippen molar-refractivity contribution in [2.45, 2.75) is 51.5 Å². The second-order valence-electron chi connectivity index (χ2n) is 3.94. The molecule has 1 heteroatoms. The molecular weight excluding hydrogens is 146 g/mol. The van der Waals surface area contributed by atoms with Gasteiger partial charge in [0, 0.05) is 12.5 Å². The Labute approximate surface area is 75.7 Å². The molecule has 0 spiro atoms. The molecule has 0 radical (unpaired) electrons. The summed E-state index contributed by atoms with van der Waals surface area (Å²) in [6.45, 7) is 2.24. The topological polar surface area (TPSA) is 26.0 Å². The minimum atomic E-state index is 0.231. The van der Waals surface area contributed by atoms with Gasteiger partial charge in [-0.3, -0.25) is 0 Å². The van der Waals surface area contributed by atoms with Gasteiger partial charge in [-0.1, -0.05) is 19.8 Å². The molecule has 1 unspecified atom stereocenters. The summed E-state index contributed by atoms with van der Waals surface area (Å²) in [6.07, 6.45) is 12.5. The first-order valence-corrected chi connectivity index (χ1v) is 4.94. The fourth-order valence-electron chi connectivity index (χ4n) is 2.41. The van der Waals surface area contributed by atoms with Crippen LogP contribution in [0.3, 0.4) is 0 Å². The van der Waals surface area contributed by atoms with Crippen LogP contribution in [0.4, 0.5) is 0 Å². The van der Waals surface area contributed by atoms with E-state index in [9.17, 15) is 0 Å². The Hall–Kier alpha value is -0.480. The summed E-state index contributed by atoms with van der Waals surface area (Å²) >= 11 is 0. The molecule has 0 aliphatic heterocycles. The van der Waals surface area contributed by atoms with Crippen LogP contribution in [-0.4, -0.2) is 6.04 Å². The largest absolute Gasteiger partial charge is 0.326 e. The molecular formula is C11H19N. The minimum Gasteiger partial charge on any atom is -0.326 e. The predicted molar refractivity (Wildman–Crippen MR) is 52.6 cm³/mol. The Morgan fingerprint density at radius 3 is 2.50 bits per heavy atom. The highest BCUT2D eigenvalue weighted by Gasteiger charge is 2.36. The van der Waals surface area contributed by atoms with E-state index >= 15 is 0 Å². The van der Waals surface area contributed by atoms with Crippen LogP contribution in [-0.2, 0) is 0 Å². The van der Waals surface area contributed by atoms with E-state index in [4.69, 9.17) is 12.2 Å². The smallest absolute Gasteiger partial charge is 0.0243 e. The van der Waals surface area contributed by atoms with Crippen molar-refractivity contribution in [2.75, 3.05) is 0 Å². The number of hydrogen-bond acceptors (Lipinski definition) is 1. The third kappa shape index (κ3) is 1.64. The Morgan fingerprint density at radius 2 is 2.08 bits per heavy atom. The van der Waals surface area contributed by atoms with Crippen molar-refractivity contribution >= 4 is 0 Å². The van der Waals surface area contributed by atoms with E-state index in [1.165, 1.54) is 32.1 Å². The van der Waals surface area contributed by atoms with Crippen molar-refractivity contribution < 1.29 is 0 Å². The molecule has 0 aromatic heterocycles. The van der Waals surface area contributed by atoms with Gasteiger partial charge in [0.25, 0.3) is 0 Å². The molecule has 68 valence electrons. The van der Waals surface area contributed by atoms with E-state index in [2.05, 4.69) is 12.8 Å². The van der Waals surface area contributed by atoms with Crippen molar-refractivity contribution in [3.8, 4) is 12.3 Å². The summed E-state index contributed by atoms with van der Waals surface area (Å²) in [5, 5.41) is 0. The molecule has 1 saturated carbocycles. The molecule has 1 rings (SSSR count). The van der Waals surface area contributed by atoms with E-state index in [0.717, 1.165) is 6.42 Å². The van der Waals surface area contributed by atoms with Crippen molar-refractivity contribution in [1.82, 2.24) is 0 Å². The molecule has 1 fully saturated rings. The summed E-state index contributed by atoms with van der Waals surface area (Å²) in [5.74, 6) is 2.68. The van der Waals surface area contributed by atoms with Gasteiger partial charge < -0.3 is 5.73 Å². The van der Waals surface area contributed by atoms with Gasteiger partial charge in [-0.05, 0) is 24.7 Å². The summed E-state index contributed by atoms with van der Waals surface area (Å²) < 4.78 is 0. The van der Waals surface area contributed by atoms with Crippen LogP contribution in [0.25, 0.3) is 0 Å². The van der Waals surface area contributed by atoms with Gasteiger partial charge in [0.05, 0.1) is 0 Å². The zero-order chi connectivity index (χ0) is 9.03. The Kier molecular flexibility index (Phi) is 3.17. The maximum absolute atomic E-state index is 6.09. The molecule has 0 saturated heterocycles. The SMILES string of the molecule is C#CCC(N)C1(CC)CCCC1. The first kappa shape index (κ1) is 9.61. The molecule has 0 aromatic rings. The molecule has 0 heterocycles. The molecule has 1 atom stereocenters. The zero-order valence-electron chi connectivity index (χ0n) is 7.97. The Morgan fingerprint density at radius 1 is 1.50 bits per heavy atom. The van der Waals surface area contributed by atoms with Crippen LogP contribution in [0.1, 0.15) is 45.4 Å². The van der Waals surface area contributed by atoms with Crippen molar-refractivity contribution in [3.63, 3.8) is 0 Å². The van der Waals surface area contributed by atoms with Gasteiger partial charge in [-0.15, -0.1) is 12.3 Å². The van der Waals surface area contributed by atoms with Crippen molar-refractivity contribution in [2.24, 2.45) is 11.1 Å². The second kappa shape index (κ2) is 3.96. The maximum atomic E-state index is 6.09. The van der Waals surface area contributed by atoms with Crippen molar-refractivity contribution in [3.05, 3.63) is 0 Å². The van der Waals surface area contributed by atoms with Gasteiger partial charge in [0.2, 0.25) is 0 Å². The number of hydrogen-bond donors (Lipinski definition) is 1. The summed E-state index contributed by atoms with van der Waals surface area (Å²) in [7, 11) is 0. The quantitative estimate of drug-likeness (QED) is 0.638. The summed E-state index contributed by atoms with van der Waals surface area (Å²) in [5.41, 5.74) is 6.47. The summed E-state index contributed by atoms with van der Waals surface area (Å²) in [4.78, 5) is 0. The molecule has 0 bridgehead atoms. The standard InChI is InChI=1S/C11H19N/c1-3-7-10(12)11(4-2)8-5-6-9-11/h1,10H,4-9,12H2,2H3. The van der Waals surface area contributed by atoms with E-state index in [1.807, 2.05) is 0 Å². The second-order valence-corrected chi connectivity index (χ2v) is 3.94. The van der Waals surface area contributed by atoms with Crippen LogP contribution < -0.4 is 5.73 Å². The highest BCUT2D eigenvalue weighted by molar-refractivity contribution is 4.99. The molecule has 12 heavy (non-hydrogen) atoms. The average Bonchev–Trinajstić information content (AvgIpc) is 2.54. The fourth-order valence-corrected chi connectivity index (χ4v) is 2.41. The van der Waals surface area contributed by atoms with Gasteiger partial charge >= 0.3 is 0 Å². The highest BCUT2D eigenvalue weighted by Crippen LogP contribution is 2.43. The lowest BCUT2D eigenvalue weighted by atomic mass is 9.75. The monoisotopic (exact) mass is 165 g/mol. The van der Waals surface area contributed by atoms with E-state index < -0.39 is 0 Å². The number of rotatable bonds is 3. The molecule has 1 aliphatic carbocycles. The van der Waals surface area contributed by atoms with E-state index in [-0.39, 0.29) is 6.04 Å². The molecule has 0 aromatic carbocycles. The maximum Gasteiger partial charge on any atom is 0.0243 e. The Balaban J connectivity index is 2.60. The van der Waals surface area contributed by atoms with Crippen LogP contribution >= 0.6 is 0 Å². The number of terminal acetylenes is 1. The lowest BCUT2D eigenvalue weighted by Gasteiger charge is -2.33. The van der Waals surface area contributed by atoms with Gasteiger partial charge in [-0.2, -0.15) is 0 Å². The van der Waals surface area contributed by atoms with Crippen LogP contribution in [0.2, 0.25) is 0 Å². The number of nitrogens with two attached hydrogens (primary N) is 1. The first-order chi connectivity index (χ1) is 5.75. The molecule has 1 nitrogen and oxygen atoms in total. The van der Waals surface area contributed by atoms with E-state index in [0.29, 0.717) is 5.41 Å². The van der Waals surface area contributed by atoms with Gasteiger partial charge in [0.15, 0.2) is 0 Å². The zero-order valence-corrected chi connectivity index (χ0v) is 7.97. The normalized spacial score (nSPS) is 23.4. The summed E-state index contributed by atoms with van der Waals surface area (Å²) in [6, 6.07) is 0.231. The van der Waals surface area contributed by atoms with E-state index in [1.54, 1.807) is 0 Å². The molecule has 1 aliphatic rings. The lowest BCUT2D eigenvalue weighted by molar-refractivity contribution is 0.223. The Bertz CT molecular complexity index is 172. The predicted octanol–water partition coefficient (Wildman–Crippen LogP) is 2.31. The van der Waals surface area contributed by atoms with Crippen LogP contribution in [0.5, 0.6) is 0 Å². The third-order valence-corrected chi connectivity index (χ3v) is 3.43. The van der Waals surface area contributed by atoms with Crippen LogP contribution in [0, 0.1) is 17.8 Å². The van der Waals surface area contributed by atoms with Gasteiger partial charge in [-0.25, -0.2) is 0 Å². The lowest BCUT2D eigenvalue weighted by Crippen LogP contribution is -2.39. The van der Waals surface area contributed by atoms with Crippen LogP contribution in [0.15, 0.2) is 0 Å². The molecule has 0 amide bonds. The van der Waals surface area contributed by atoms with Gasteiger partial charge in [0.1, 0.15) is 0 Å². The third-order valence-electron chi connectivity index (χ3n) is 3.43. The average molecular weight is 165 g/mol. The highest BCUT2D eigenvalue weighted by atomic mass is 14.7. The first-order valence-electron chi connectivity index (χ1n) is 4.94. The molecule has 2 N–H and O–H groups in total. The minimum absolute atomic E-state index is 0.231. The van der Waals surface area contributed by atoms with Crippen molar-refractivity contribution in [1.29, 1.82) is 0 Å².